The molecule has 0 amide bonds. The van der Waals surface area contributed by atoms with Crippen molar-refractivity contribution in [2.75, 3.05) is 0 Å². The summed E-state index contributed by atoms with van der Waals surface area (Å²) in [5.41, 5.74) is 2.13. The quantitative estimate of drug-likeness (QED) is 0.814. The highest BCUT2D eigenvalue weighted by atomic mass is 15.0. The first-order valence-electron chi connectivity index (χ1n) is 8.15. The molecule has 2 atom stereocenters. The van der Waals surface area contributed by atoms with Crippen molar-refractivity contribution < 1.29 is 0 Å². The molecule has 2 unspecified atom stereocenters. The van der Waals surface area contributed by atoms with E-state index in [-0.39, 0.29) is 0 Å². The molecule has 1 aromatic carbocycles. The van der Waals surface area contributed by atoms with Gasteiger partial charge in [-0.2, -0.15) is 0 Å². The predicted octanol–water partition coefficient (Wildman–Crippen LogP) is 4.84. The van der Waals surface area contributed by atoms with Gasteiger partial charge in [-0.3, -0.25) is 0 Å². The van der Waals surface area contributed by atoms with Crippen LogP contribution in [0.5, 0.6) is 0 Å². The first-order valence-corrected chi connectivity index (χ1v) is 8.15. The summed E-state index contributed by atoms with van der Waals surface area (Å²) in [6, 6.07) is 12.3. The molecule has 3 rings (SSSR count). The highest BCUT2D eigenvalue weighted by molar-refractivity contribution is 5.19. The summed E-state index contributed by atoms with van der Waals surface area (Å²) in [6.07, 6.45) is 11.4. The fourth-order valence-electron chi connectivity index (χ4n) is 4.19. The summed E-state index contributed by atoms with van der Waals surface area (Å²) < 4.78 is 0. The third-order valence-electron chi connectivity index (χ3n) is 5.53. The van der Waals surface area contributed by atoms with E-state index in [1.807, 2.05) is 0 Å². The molecule has 0 aromatic heterocycles. The Kier molecular flexibility index (Phi) is 3.93. The highest BCUT2D eigenvalue weighted by Gasteiger charge is 2.47. The molecular formula is C18H27N. The molecule has 2 aliphatic carbocycles. The van der Waals surface area contributed by atoms with Crippen LogP contribution >= 0.6 is 0 Å². The van der Waals surface area contributed by atoms with E-state index in [4.69, 9.17) is 0 Å². The van der Waals surface area contributed by atoms with E-state index >= 15 is 0 Å². The summed E-state index contributed by atoms with van der Waals surface area (Å²) in [6.45, 7) is 2.30. The molecule has 19 heavy (non-hydrogen) atoms. The van der Waals surface area contributed by atoms with Gasteiger partial charge < -0.3 is 5.32 Å². The Balaban J connectivity index is 1.66. The first kappa shape index (κ1) is 13.2. The zero-order valence-corrected chi connectivity index (χ0v) is 12.2. The maximum Gasteiger partial charge on any atom is 0.0320 e. The minimum Gasteiger partial charge on any atom is -0.307 e. The maximum absolute atomic E-state index is 3.98. The number of nitrogens with one attached hydrogen (secondary N) is 1. The Morgan fingerprint density at radius 2 is 1.84 bits per heavy atom. The Hall–Kier alpha value is -0.820. The van der Waals surface area contributed by atoms with E-state index in [2.05, 4.69) is 42.6 Å². The Bertz CT molecular complexity index is 391. The van der Waals surface area contributed by atoms with Crippen LogP contribution in [0.1, 0.15) is 69.9 Å². The number of hydrogen-bond donors (Lipinski definition) is 1. The van der Waals surface area contributed by atoms with Crippen LogP contribution in [-0.2, 0) is 0 Å². The van der Waals surface area contributed by atoms with Gasteiger partial charge in [-0.25, -0.2) is 0 Å². The van der Waals surface area contributed by atoms with Crippen LogP contribution in [0.4, 0.5) is 0 Å². The molecule has 0 radical (unpaired) electrons. The van der Waals surface area contributed by atoms with E-state index in [0.717, 1.165) is 6.04 Å². The topological polar surface area (TPSA) is 12.0 Å². The van der Waals surface area contributed by atoms with Gasteiger partial charge in [0, 0.05) is 12.1 Å². The number of hydrogen-bond acceptors (Lipinski definition) is 1. The largest absolute Gasteiger partial charge is 0.307 e. The molecule has 1 nitrogen and oxygen atoms in total. The molecule has 0 saturated heterocycles. The van der Waals surface area contributed by atoms with Crippen molar-refractivity contribution in [1.29, 1.82) is 0 Å². The monoisotopic (exact) mass is 257 g/mol. The fraction of sp³-hybridized carbons (Fsp3) is 0.667. The normalized spacial score (nSPS) is 26.9. The molecule has 0 aliphatic heterocycles. The summed E-state index contributed by atoms with van der Waals surface area (Å²) in [5, 5.41) is 3.98. The third-order valence-corrected chi connectivity index (χ3v) is 5.53. The second-order valence-corrected chi connectivity index (χ2v) is 6.55. The van der Waals surface area contributed by atoms with Gasteiger partial charge in [-0.15, -0.1) is 0 Å². The molecule has 1 aromatic rings. The molecule has 1 N–H and O–H groups in total. The Morgan fingerprint density at radius 3 is 2.42 bits per heavy atom. The molecule has 2 saturated carbocycles. The molecule has 1 heteroatoms. The molecule has 104 valence electrons. The van der Waals surface area contributed by atoms with E-state index in [1.165, 1.54) is 56.9 Å². The van der Waals surface area contributed by atoms with Crippen molar-refractivity contribution in [3.8, 4) is 0 Å². The smallest absolute Gasteiger partial charge is 0.0320 e. The molecular weight excluding hydrogens is 230 g/mol. The van der Waals surface area contributed by atoms with Crippen molar-refractivity contribution in [1.82, 2.24) is 5.32 Å². The molecule has 2 aliphatic rings. The van der Waals surface area contributed by atoms with Gasteiger partial charge in [0.2, 0.25) is 0 Å². The minimum atomic E-state index is 0.547. The van der Waals surface area contributed by atoms with Crippen molar-refractivity contribution in [2.24, 2.45) is 5.41 Å². The lowest BCUT2D eigenvalue weighted by Gasteiger charge is -2.53. The summed E-state index contributed by atoms with van der Waals surface area (Å²) in [4.78, 5) is 0. The SMILES string of the molecule is CCC(NC1CCC12CCCCC2)c1ccccc1. The average molecular weight is 257 g/mol. The van der Waals surface area contributed by atoms with Gasteiger partial charge in [0.05, 0.1) is 0 Å². The molecule has 0 bridgehead atoms. The predicted molar refractivity (Wildman–Crippen MR) is 81.1 cm³/mol. The fourth-order valence-corrected chi connectivity index (χ4v) is 4.19. The summed E-state index contributed by atoms with van der Waals surface area (Å²) in [5.74, 6) is 0. The summed E-state index contributed by atoms with van der Waals surface area (Å²) >= 11 is 0. The molecule has 1 spiro atoms. The Labute approximate surface area is 117 Å². The van der Waals surface area contributed by atoms with Crippen LogP contribution < -0.4 is 5.32 Å². The van der Waals surface area contributed by atoms with Crippen LogP contribution in [0.15, 0.2) is 30.3 Å². The average Bonchev–Trinajstić information content (AvgIpc) is 2.49. The van der Waals surface area contributed by atoms with Crippen molar-refractivity contribution in [3.05, 3.63) is 35.9 Å². The number of benzene rings is 1. The van der Waals surface area contributed by atoms with Gasteiger partial charge in [0.25, 0.3) is 0 Å². The second kappa shape index (κ2) is 5.66. The molecule has 0 heterocycles. The van der Waals surface area contributed by atoms with E-state index in [0.29, 0.717) is 11.5 Å². The highest BCUT2D eigenvalue weighted by Crippen LogP contribution is 2.52. The minimum absolute atomic E-state index is 0.547. The second-order valence-electron chi connectivity index (χ2n) is 6.55. The lowest BCUT2D eigenvalue weighted by atomic mass is 9.57. The standard InChI is InChI=1S/C18H27N/c1-2-16(15-9-5-3-6-10-15)19-17-11-14-18(17)12-7-4-8-13-18/h3,5-6,9-10,16-17,19H,2,4,7-8,11-14H2,1H3. The van der Waals surface area contributed by atoms with E-state index in [9.17, 15) is 0 Å². The van der Waals surface area contributed by atoms with Crippen LogP contribution in [0.3, 0.4) is 0 Å². The van der Waals surface area contributed by atoms with Crippen molar-refractivity contribution >= 4 is 0 Å². The van der Waals surface area contributed by atoms with Gasteiger partial charge in [0.1, 0.15) is 0 Å². The van der Waals surface area contributed by atoms with Gasteiger partial charge >= 0.3 is 0 Å². The lowest BCUT2D eigenvalue weighted by molar-refractivity contribution is 0.0159. The van der Waals surface area contributed by atoms with E-state index < -0.39 is 0 Å². The van der Waals surface area contributed by atoms with Crippen LogP contribution in [0, 0.1) is 5.41 Å². The number of rotatable bonds is 4. The molecule has 2 fully saturated rings. The van der Waals surface area contributed by atoms with Crippen LogP contribution in [-0.4, -0.2) is 6.04 Å². The first-order chi connectivity index (χ1) is 9.34. The third kappa shape index (κ3) is 2.58. The van der Waals surface area contributed by atoms with Gasteiger partial charge in [0.15, 0.2) is 0 Å². The van der Waals surface area contributed by atoms with E-state index in [1.54, 1.807) is 0 Å². The van der Waals surface area contributed by atoms with Crippen molar-refractivity contribution in [3.63, 3.8) is 0 Å². The summed E-state index contributed by atoms with van der Waals surface area (Å²) in [7, 11) is 0. The van der Waals surface area contributed by atoms with Gasteiger partial charge in [-0.05, 0) is 43.1 Å². The van der Waals surface area contributed by atoms with Crippen molar-refractivity contribution in [2.45, 2.75) is 70.4 Å². The lowest BCUT2D eigenvalue weighted by Crippen LogP contribution is -2.55. The zero-order chi connectivity index (χ0) is 13.1. The zero-order valence-electron chi connectivity index (χ0n) is 12.2. The maximum atomic E-state index is 3.98. The van der Waals surface area contributed by atoms with Crippen LogP contribution in [0.2, 0.25) is 0 Å². The Morgan fingerprint density at radius 1 is 1.11 bits per heavy atom. The van der Waals surface area contributed by atoms with Crippen LogP contribution in [0.25, 0.3) is 0 Å². The van der Waals surface area contributed by atoms with Gasteiger partial charge in [-0.1, -0.05) is 56.5 Å².